The zero-order chi connectivity index (χ0) is 23.8. The lowest BCUT2D eigenvalue weighted by Gasteiger charge is -2.26. The number of hydrogen-bond donors (Lipinski definition) is 1. The minimum atomic E-state index is -0.743. The molecule has 0 spiro atoms. The highest BCUT2D eigenvalue weighted by Crippen LogP contribution is 2.16. The van der Waals surface area contributed by atoms with E-state index in [0.29, 0.717) is 12.1 Å². The second kappa shape index (κ2) is 10.6. The van der Waals surface area contributed by atoms with Gasteiger partial charge in [0.2, 0.25) is 0 Å². The van der Waals surface area contributed by atoms with Crippen molar-refractivity contribution in [3.05, 3.63) is 107 Å². The van der Waals surface area contributed by atoms with Crippen molar-refractivity contribution in [2.24, 2.45) is 0 Å². The third kappa shape index (κ3) is 7.04. The molecule has 0 aliphatic rings. The molecule has 33 heavy (non-hydrogen) atoms. The molecular formula is C27H28N2O4. The molecule has 170 valence electrons. The Bertz CT molecular complexity index is 1090. The summed E-state index contributed by atoms with van der Waals surface area (Å²) >= 11 is 0. The van der Waals surface area contributed by atoms with E-state index >= 15 is 0 Å². The molecule has 1 N–H and O–H groups in total. The second-order valence-electron chi connectivity index (χ2n) is 8.60. The predicted octanol–water partition coefficient (Wildman–Crippen LogP) is 5.19. The van der Waals surface area contributed by atoms with Gasteiger partial charge in [0.1, 0.15) is 5.60 Å². The average Bonchev–Trinajstić information content (AvgIpc) is 2.81. The Balaban J connectivity index is 1.73. The van der Waals surface area contributed by atoms with Crippen LogP contribution in [0.3, 0.4) is 0 Å². The van der Waals surface area contributed by atoms with Crippen molar-refractivity contribution in [1.29, 1.82) is 0 Å². The first-order chi connectivity index (χ1) is 15.7. The summed E-state index contributed by atoms with van der Waals surface area (Å²) in [6, 6.07) is 25.1. The molecule has 6 nitrogen and oxygen atoms in total. The molecule has 0 heterocycles. The predicted molar refractivity (Wildman–Crippen MR) is 127 cm³/mol. The van der Waals surface area contributed by atoms with Crippen LogP contribution >= 0.6 is 0 Å². The number of hydrogen-bond acceptors (Lipinski definition) is 4. The van der Waals surface area contributed by atoms with E-state index in [4.69, 9.17) is 4.74 Å². The molecule has 0 bridgehead atoms. The SMILES string of the molecule is CC(C)(C)OC(=O)N(Cc1ccccc1)C(=O)c1ccc(C(=O)NCc2ccccc2)cc1. The van der Waals surface area contributed by atoms with Crippen LogP contribution in [0.2, 0.25) is 0 Å². The highest BCUT2D eigenvalue weighted by atomic mass is 16.6. The molecule has 3 aromatic carbocycles. The summed E-state index contributed by atoms with van der Waals surface area (Å²) in [6.07, 6.45) is -0.721. The molecule has 6 heteroatoms. The van der Waals surface area contributed by atoms with Crippen LogP contribution in [0, 0.1) is 0 Å². The lowest BCUT2D eigenvalue weighted by atomic mass is 10.1. The minimum absolute atomic E-state index is 0.0773. The van der Waals surface area contributed by atoms with Gasteiger partial charge < -0.3 is 10.1 Å². The van der Waals surface area contributed by atoms with Crippen molar-refractivity contribution in [3.8, 4) is 0 Å². The summed E-state index contributed by atoms with van der Waals surface area (Å²) in [6.45, 7) is 5.73. The van der Waals surface area contributed by atoms with E-state index in [9.17, 15) is 14.4 Å². The van der Waals surface area contributed by atoms with Gasteiger partial charge in [0.05, 0.1) is 6.54 Å². The fourth-order valence-electron chi connectivity index (χ4n) is 3.10. The van der Waals surface area contributed by atoms with E-state index in [-0.39, 0.29) is 18.0 Å². The van der Waals surface area contributed by atoms with Crippen LogP contribution in [0.4, 0.5) is 4.79 Å². The fraction of sp³-hybridized carbons (Fsp3) is 0.222. The summed E-state index contributed by atoms with van der Waals surface area (Å²) < 4.78 is 5.45. The number of carbonyl (C=O) groups is 3. The van der Waals surface area contributed by atoms with Crippen LogP contribution in [-0.2, 0) is 17.8 Å². The number of amides is 3. The third-order valence-corrected chi connectivity index (χ3v) is 4.73. The minimum Gasteiger partial charge on any atom is -0.443 e. The first-order valence-corrected chi connectivity index (χ1v) is 10.7. The first-order valence-electron chi connectivity index (χ1n) is 10.7. The van der Waals surface area contributed by atoms with Crippen LogP contribution < -0.4 is 5.32 Å². The van der Waals surface area contributed by atoms with Crippen molar-refractivity contribution >= 4 is 17.9 Å². The van der Waals surface area contributed by atoms with Gasteiger partial charge in [-0.3, -0.25) is 9.59 Å². The van der Waals surface area contributed by atoms with Gasteiger partial charge in [0, 0.05) is 17.7 Å². The monoisotopic (exact) mass is 444 g/mol. The number of nitrogens with zero attached hydrogens (tertiary/aromatic N) is 1. The maximum atomic E-state index is 13.2. The zero-order valence-electron chi connectivity index (χ0n) is 19.1. The molecule has 0 saturated carbocycles. The summed E-state index contributed by atoms with van der Waals surface area (Å²) in [5, 5.41) is 2.85. The number of ether oxygens (including phenoxy) is 1. The highest BCUT2D eigenvalue weighted by molar-refractivity contribution is 6.03. The maximum absolute atomic E-state index is 13.2. The summed E-state index contributed by atoms with van der Waals surface area (Å²) in [5.74, 6) is -0.740. The molecule has 0 aromatic heterocycles. The Hall–Kier alpha value is -3.93. The zero-order valence-corrected chi connectivity index (χ0v) is 19.1. The molecule has 3 aromatic rings. The smallest absolute Gasteiger partial charge is 0.417 e. The lowest BCUT2D eigenvalue weighted by molar-refractivity contribution is 0.0227. The van der Waals surface area contributed by atoms with Gasteiger partial charge in [-0.2, -0.15) is 0 Å². The third-order valence-electron chi connectivity index (χ3n) is 4.73. The molecule has 3 amide bonds. The fourth-order valence-corrected chi connectivity index (χ4v) is 3.10. The Morgan fingerprint density at radius 1 is 0.758 bits per heavy atom. The van der Waals surface area contributed by atoms with Gasteiger partial charge >= 0.3 is 6.09 Å². The Morgan fingerprint density at radius 3 is 1.82 bits per heavy atom. The molecule has 0 atom stereocenters. The van der Waals surface area contributed by atoms with Gasteiger partial charge in [-0.25, -0.2) is 9.69 Å². The van der Waals surface area contributed by atoms with Gasteiger partial charge in [0.15, 0.2) is 0 Å². The average molecular weight is 445 g/mol. The van der Waals surface area contributed by atoms with Crippen LogP contribution in [0.25, 0.3) is 0 Å². The molecule has 0 aliphatic heterocycles. The molecule has 0 unspecified atom stereocenters. The Kier molecular flexibility index (Phi) is 7.61. The normalized spacial score (nSPS) is 10.9. The number of nitrogens with one attached hydrogen (secondary N) is 1. The quantitative estimate of drug-likeness (QED) is 0.567. The lowest BCUT2D eigenvalue weighted by Crippen LogP contribution is -2.40. The topological polar surface area (TPSA) is 75.7 Å². The van der Waals surface area contributed by atoms with E-state index in [2.05, 4.69) is 5.32 Å². The van der Waals surface area contributed by atoms with E-state index in [1.165, 1.54) is 0 Å². The summed E-state index contributed by atoms with van der Waals surface area (Å²) in [7, 11) is 0. The van der Waals surface area contributed by atoms with Crippen molar-refractivity contribution in [2.75, 3.05) is 0 Å². The number of carbonyl (C=O) groups excluding carboxylic acids is 3. The van der Waals surface area contributed by atoms with Gasteiger partial charge in [-0.05, 0) is 56.2 Å². The highest BCUT2D eigenvalue weighted by Gasteiger charge is 2.28. The van der Waals surface area contributed by atoms with Crippen molar-refractivity contribution < 1.29 is 19.1 Å². The molecule has 0 fully saturated rings. The number of benzene rings is 3. The number of rotatable bonds is 6. The van der Waals surface area contributed by atoms with Crippen LogP contribution in [0.5, 0.6) is 0 Å². The second-order valence-corrected chi connectivity index (χ2v) is 8.60. The molecule has 3 rings (SSSR count). The molecule has 0 radical (unpaired) electrons. The molecule has 0 aliphatic carbocycles. The summed E-state index contributed by atoms with van der Waals surface area (Å²) in [4.78, 5) is 39.5. The number of imide groups is 1. The van der Waals surface area contributed by atoms with Gasteiger partial charge in [-0.15, -0.1) is 0 Å². The van der Waals surface area contributed by atoms with Crippen LogP contribution in [0.1, 0.15) is 52.6 Å². The standard InChI is InChI=1S/C27H28N2O4/c1-27(2,3)33-26(32)29(19-21-12-8-5-9-13-21)25(31)23-16-14-22(15-17-23)24(30)28-18-20-10-6-4-7-11-20/h4-17H,18-19H2,1-3H3,(H,28,30). The van der Waals surface area contributed by atoms with Crippen LogP contribution in [-0.4, -0.2) is 28.4 Å². The van der Waals surface area contributed by atoms with Gasteiger partial charge in [0.25, 0.3) is 11.8 Å². The van der Waals surface area contributed by atoms with Crippen LogP contribution in [0.15, 0.2) is 84.9 Å². The van der Waals surface area contributed by atoms with E-state index in [1.807, 2.05) is 60.7 Å². The van der Waals surface area contributed by atoms with Crippen molar-refractivity contribution in [3.63, 3.8) is 0 Å². The van der Waals surface area contributed by atoms with Crippen molar-refractivity contribution in [2.45, 2.75) is 39.5 Å². The molecule has 0 saturated heterocycles. The van der Waals surface area contributed by atoms with Gasteiger partial charge in [-0.1, -0.05) is 60.7 Å². The Labute approximate surface area is 194 Å². The molecular weight excluding hydrogens is 416 g/mol. The first kappa shape index (κ1) is 23.7. The maximum Gasteiger partial charge on any atom is 0.417 e. The summed E-state index contributed by atoms with van der Waals surface area (Å²) in [5.41, 5.74) is 1.76. The van der Waals surface area contributed by atoms with E-state index in [1.54, 1.807) is 45.0 Å². The van der Waals surface area contributed by atoms with Crippen molar-refractivity contribution in [1.82, 2.24) is 10.2 Å². The largest absolute Gasteiger partial charge is 0.443 e. The van der Waals surface area contributed by atoms with E-state index < -0.39 is 17.6 Å². The Morgan fingerprint density at radius 2 is 1.27 bits per heavy atom. The van der Waals surface area contributed by atoms with E-state index in [0.717, 1.165) is 16.0 Å².